The molecule has 0 unspecified atom stereocenters. The van der Waals surface area contributed by atoms with Crippen LogP contribution in [0.15, 0.2) is 36.7 Å². The molecule has 0 saturated heterocycles. The fraction of sp³-hybridized carbons (Fsp3) is 0.438. The summed E-state index contributed by atoms with van der Waals surface area (Å²) >= 11 is 0. The molecule has 4 heteroatoms. The van der Waals surface area contributed by atoms with Gasteiger partial charge < -0.3 is 10.3 Å². The number of hydrogen-bond acceptors (Lipinski definition) is 3. The van der Waals surface area contributed by atoms with Gasteiger partial charge in [0.2, 0.25) is 0 Å². The van der Waals surface area contributed by atoms with Crippen molar-refractivity contribution in [2.45, 2.75) is 32.4 Å². The molecule has 3 rings (SSSR count). The van der Waals surface area contributed by atoms with Crippen molar-refractivity contribution in [2.75, 3.05) is 18.8 Å². The predicted molar refractivity (Wildman–Crippen MR) is 81.4 cm³/mol. The highest BCUT2D eigenvalue weighted by Gasteiger charge is 2.26. The van der Waals surface area contributed by atoms with Gasteiger partial charge in [-0.2, -0.15) is 0 Å². The van der Waals surface area contributed by atoms with Crippen LogP contribution in [0.3, 0.4) is 0 Å². The van der Waals surface area contributed by atoms with E-state index in [1.807, 2.05) is 18.3 Å². The fourth-order valence-electron chi connectivity index (χ4n) is 2.94. The first kappa shape index (κ1) is 13.2. The Morgan fingerprint density at radius 3 is 2.70 bits per heavy atom. The molecule has 2 heterocycles. The maximum atomic E-state index is 5.77. The third kappa shape index (κ3) is 2.56. The van der Waals surface area contributed by atoms with E-state index in [2.05, 4.69) is 46.6 Å². The van der Waals surface area contributed by atoms with Gasteiger partial charge in [-0.05, 0) is 17.7 Å². The average molecular weight is 270 g/mol. The van der Waals surface area contributed by atoms with Gasteiger partial charge in [0.1, 0.15) is 5.82 Å². The minimum Gasteiger partial charge on any atom is -0.399 e. The highest BCUT2D eigenvalue weighted by molar-refractivity contribution is 5.41. The van der Waals surface area contributed by atoms with Crippen LogP contribution in [-0.4, -0.2) is 27.5 Å². The van der Waals surface area contributed by atoms with E-state index in [1.165, 1.54) is 11.4 Å². The summed E-state index contributed by atoms with van der Waals surface area (Å²) in [6.07, 6.45) is 3.96. The lowest BCUT2D eigenvalue weighted by Gasteiger charge is -2.35. The Hall–Kier alpha value is -1.81. The fourth-order valence-corrected chi connectivity index (χ4v) is 2.94. The maximum absolute atomic E-state index is 5.77. The molecule has 2 aromatic rings. The summed E-state index contributed by atoms with van der Waals surface area (Å²) in [7, 11) is 0. The van der Waals surface area contributed by atoms with Gasteiger partial charge in [0, 0.05) is 43.1 Å². The normalized spacial score (nSPS) is 16.1. The van der Waals surface area contributed by atoms with E-state index in [-0.39, 0.29) is 5.41 Å². The van der Waals surface area contributed by atoms with Crippen LogP contribution >= 0.6 is 0 Å². The molecular formula is C16H22N4. The van der Waals surface area contributed by atoms with Crippen molar-refractivity contribution in [3.8, 4) is 0 Å². The molecule has 0 fully saturated rings. The molecule has 0 radical (unpaired) electrons. The second-order valence-electron chi connectivity index (χ2n) is 6.25. The Morgan fingerprint density at radius 2 is 1.95 bits per heavy atom. The van der Waals surface area contributed by atoms with Crippen molar-refractivity contribution in [1.29, 1.82) is 0 Å². The molecule has 20 heavy (non-hydrogen) atoms. The van der Waals surface area contributed by atoms with Crippen LogP contribution in [0.2, 0.25) is 0 Å². The Morgan fingerprint density at radius 1 is 1.20 bits per heavy atom. The zero-order valence-electron chi connectivity index (χ0n) is 12.2. The van der Waals surface area contributed by atoms with Gasteiger partial charge >= 0.3 is 0 Å². The SMILES string of the molecule is CC(C)(CN1CCn2ccnc2C1)c1ccc(N)cc1. The lowest BCUT2D eigenvalue weighted by atomic mass is 9.84. The van der Waals surface area contributed by atoms with Gasteiger partial charge in [-0.25, -0.2) is 4.98 Å². The van der Waals surface area contributed by atoms with E-state index >= 15 is 0 Å². The number of hydrogen-bond donors (Lipinski definition) is 1. The van der Waals surface area contributed by atoms with Crippen molar-refractivity contribution in [3.05, 3.63) is 48.0 Å². The second-order valence-corrected chi connectivity index (χ2v) is 6.25. The largest absolute Gasteiger partial charge is 0.399 e. The Bertz CT molecular complexity index is 583. The third-order valence-electron chi connectivity index (χ3n) is 4.13. The zero-order chi connectivity index (χ0) is 14.2. The van der Waals surface area contributed by atoms with Crippen LogP contribution in [0.1, 0.15) is 25.2 Å². The van der Waals surface area contributed by atoms with Crippen LogP contribution in [0, 0.1) is 0 Å². The quantitative estimate of drug-likeness (QED) is 0.870. The van der Waals surface area contributed by atoms with Crippen LogP contribution in [0.25, 0.3) is 0 Å². The van der Waals surface area contributed by atoms with E-state index in [0.717, 1.165) is 31.9 Å². The van der Waals surface area contributed by atoms with Crippen LogP contribution in [-0.2, 0) is 18.5 Å². The van der Waals surface area contributed by atoms with Crippen LogP contribution in [0.4, 0.5) is 5.69 Å². The Labute approximate surface area is 120 Å². The molecule has 1 aliphatic heterocycles. The number of imidazole rings is 1. The summed E-state index contributed by atoms with van der Waals surface area (Å²) in [5, 5.41) is 0. The first-order valence-electron chi connectivity index (χ1n) is 7.13. The summed E-state index contributed by atoms with van der Waals surface area (Å²) < 4.78 is 2.24. The van der Waals surface area contributed by atoms with Gasteiger partial charge in [0.25, 0.3) is 0 Å². The number of nitrogens with zero attached hydrogens (tertiary/aromatic N) is 3. The van der Waals surface area contributed by atoms with Crippen LogP contribution < -0.4 is 5.73 Å². The standard InChI is InChI=1S/C16H22N4/c1-16(2,13-3-5-14(17)6-4-13)12-19-9-10-20-8-7-18-15(20)11-19/h3-8H,9-12,17H2,1-2H3. The first-order chi connectivity index (χ1) is 9.54. The van der Waals surface area contributed by atoms with Gasteiger partial charge in [0.15, 0.2) is 0 Å². The number of nitrogens with two attached hydrogens (primary N) is 1. The number of nitrogen functional groups attached to an aromatic ring is 1. The highest BCUT2D eigenvalue weighted by atomic mass is 15.2. The van der Waals surface area contributed by atoms with Crippen molar-refractivity contribution in [3.63, 3.8) is 0 Å². The van der Waals surface area contributed by atoms with E-state index in [4.69, 9.17) is 5.73 Å². The molecule has 0 bridgehead atoms. The van der Waals surface area contributed by atoms with Gasteiger partial charge in [0.05, 0.1) is 6.54 Å². The zero-order valence-corrected chi connectivity index (χ0v) is 12.2. The monoisotopic (exact) mass is 270 g/mol. The third-order valence-corrected chi connectivity index (χ3v) is 4.13. The molecule has 0 amide bonds. The lowest BCUT2D eigenvalue weighted by molar-refractivity contribution is 0.179. The molecule has 0 aliphatic carbocycles. The Kier molecular flexibility index (Phi) is 3.26. The topological polar surface area (TPSA) is 47.1 Å². The second kappa shape index (κ2) is 4.94. The number of aromatic nitrogens is 2. The summed E-state index contributed by atoms with van der Waals surface area (Å²) in [4.78, 5) is 6.91. The highest BCUT2D eigenvalue weighted by Crippen LogP contribution is 2.26. The summed E-state index contributed by atoms with van der Waals surface area (Å²) in [6.45, 7) is 8.67. The van der Waals surface area contributed by atoms with Crippen molar-refractivity contribution < 1.29 is 0 Å². The molecular weight excluding hydrogens is 248 g/mol. The number of rotatable bonds is 3. The maximum Gasteiger partial charge on any atom is 0.122 e. The van der Waals surface area contributed by atoms with Crippen molar-refractivity contribution in [1.82, 2.24) is 14.5 Å². The van der Waals surface area contributed by atoms with E-state index in [1.54, 1.807) is 0 Å². The molecule has 2 N–H and O–H groups in total. The summed E-state index contributed by atoms with van der Waals surface area (Å²) in [5.74, 6) is 1.17. The van der Waals surface area contributed by atoms with Gasteiger partial charge in [-0.1, -0.05) is 26.0 Å². The van der Waals surface area contributed by atoms with Gasteiger partial charge in [-0.15, -0.1) is 0 Å². The molecule has 0 saturated carbocycles. The smallest absolute Gasteiger partial charge is 0.122 e. The number of fused-ring (bicyclic) bond motifs is 1. The number of anilines is 1. The number of benzene rings is 1. The molecule has 1 aliphatic rings. The van der Waals surface area contributed by atoms with Crippen LogP contribution in [0.5, 0.6) is 0 Å². The molecule has 0 spiro atoms. The summed E-state index contributed by atoms with van der Waals surface area (Å²) in [6, 6.07) is 8.25. The first-order valence-corrected chi connectivity index (χ1v) is 7.13. The minimum absolute atomic E-state index is 0.114. The van der Waals surface area contributed by atoms with E-state index < -0.39 is 0 Å². The van der Waals surface area contributed by atoms with Gasteiger partial charge in [-0.3, -0.25) is 4.90 Å². The van der Waals surface area contributed by atoms with Crippen molar-refractivity contribution in [2.24, 2.45) is 0 Å². The molecule has 4 nitrogen and oxygen atoms in total. The molecule has 0 atom stereocenters. The molecule has 1 aromatic carbocycles. The average Bonchev–Trinajstić information content (AvgIpc) is 2.86. The Balaban J connectivity index is 1.72. The molecule has 106 valence electrons. The van der Waals surface area contributed by atoms with E-state index in [9.17, 15) is 0 Å². The summed E-state index contributed by atoms with van der Waals surface area (Å²) in [5.41, 5.74) is 8.05. The van der Waals surface area contributed by atoms with E-state index in [0.29, 0.717) is 0 Å². The predicted octanol–water partition coefficient (Wildman–Crippen LogP) is 2.26. The molecule has 1 aromatic heterocycles. The van der Waals surface area contributed by atoms with Crippen molar-refractivity contribution >= 4 is 5.69 Å². The minimum atomic E-state index is 0.114. The lowest BCUT2D eigenvalue weighted by Crippen LogP contribution is -2.41.